The summed E-state index contributed by atoms with van der Waals surface area (Å²) in [4.78, 5) is 26.7. The molecule has 14 heteroatoms. The number of ether oxygens (including phenoxy) is 3. The molecule has 1 atom stereocenters. The first-order valence-electron chi connectivity index (χ1n) is 11.9. The van der Waals surface area contributed by atoms with Crippen molar-refractivity contribution in [2.45, 2.75) is 18.3 Å². The molecule has 206 valence electrons. The number of hydrogen-bond acceptors (Lipinski definition) is 10. The monoisotopic (exact) mass is 555 g/mol. The van der Waals surface area contributed by atoms with Crippen molar-refractivity contribution in [1.29, 1.82) is 0 Å². The molecule has 0 fully saturated rings. The second-order valence-corrected chi connectivity index (χ2v) is 8.73. The van der Waals surface area contributed by atoms with Gasteiger partial charge in [0.15, 0.2) is 0 Å². The third kappa shape index (κ3) is 9.09. The van der Waals surface area contributed by atoms with Crippen LogP contribution in [0.4, 0.5) is 5.69 Å². The van der Waals surface area contributed by atoms with Gasteiger partial charge in [-0.1, -0.05) is 29.0 Å². The second-order valence-electron chi connectivity index (χ2n) is 7.97. The van der Waals surface area contributed by atoms with Crippen molar-refractivity contribution in [2.24, 2.45) is 10.8 Å². The molecule has 1 unspecified atom stereocenters. The molecule has 0 saturated carbocycles. The number of benzene rings is 2. The lowest BCUT2D eigenvalue weighted by Crippen LogP contribution is -2.27. The van der Waals surface area contributed by atoms with Crippen LogP contribution in [0.1, 0.15) is 39.3 Å². The summed E-state index contributed by atoms with van der Waals surface area (Å²) in [5.74, 6) is -0.469. The lowest BCUT2D eigenvalue weighted by Gasteiger charge is -2.17. The van der Waals surface area contributed by atoms with Crippen LogP contribution in [0.2, 0.25) is 0 Å². The van der Waals surface area contributed by atoms with Gasteiger partial charge in [-0.05, 0) is 54.6 Å². The number of primary amides is 1. The van der Waals surface area contributed by atoms with E-state index in [1.807, 2.05) is 13.2 Å². The number of azide groups is 1. The number of carbonyl (C=O) groups excluding carboxylic acids is 2. The fourth-order valence-electron chi connectivity index (χ4n) is 3.43. The molecule has 1 aromatic heterocycles. The molecule has 3 N–H and O–H groups in total. The van der Waals surface area contributed by atoms with Gasteiger partial charge in [0, 0.05) is 33.8 Å². The van der Waals surface area contributed by atoms with Crippen LogP contribution in [-0.4, -0.2) is 67.8 Å². The Morgan fingerprint density at radius 2 is 1.82 bits per heavy atom. The molecular formula is C25H29N7O6S. The van der Waals surface area contributed by atoms with Crippen molar-refractivity contribution in [2.75, 3.05) is 45.8 Å². The highest BCUT2D eigenvalue weighted by molar-refractivity contribution is 7.98. The molecule has 3 rings (SSSR count). The summed E-state index contributed by atoms with van der Waals surface area (Å²) in [6.07, 6.45) is 1.40. The van der Waals surface area contributed by atoms with Crippen molar-refractivity contribution < 1.29 is 28.2 Å². The largest absolute Gasteiger partial charge is 0.411 e. The number of thioether (sulfide) groups is 1. The predicted octanol–water partition coefficient (Wildman–Crippen LogP) is 4.04. The van der Waals surface area contributed by atoms with Gasteiger partial charge < -0.3 is 29.7 Å². The second kappa shape index (κ2) is 15.5. The smallest absolute Gasteiger partial charge is 0.276 e. The van der Waals surface area contributed by atoms with E-state index in [4.69, 9.17) is 29.9 Å². The summed E-state index contributed by atoms with van der Waals surface area (Å²) in [5.41, 5.74) is 16.5. The van der Waals surface area contributed by atoms with Crippen LogP contribution < -0.4 is 11.1 Å². The van der Waals surface area contributed by atoms with E-state index >= 15 is 0 Å². The van der Waals surface area contributed by atoms with E-state index < -0.39 is 12.0 Å². The predicted molar refractivity (Wildman–Crippen MR) is 144 cm³/mol. The number of nitrogens with two attached hydrogens (primary N) is 1. The van der Waals surface area contributed by atoms with E-state index in [9.17, 15) is 9.59 Å². The minimum Gasteiger partial charge on any atom is -0.411 e. The van der Waals surface area contributed by atoms with Crippen molar-refractivity contribution in [3.8, 4) is 11.5 Å². The first kappa shape index (κ1) is 29.6. The standard InChI is InChI=1S/C25H29N7O6S/c1-16(21-15-18(5-8-20(21)22(26)33)24-30-31-25(38-24)39-2)37-14-13-36-12-11-35-10-9-28-23(34)17-3-6-19(7-4-17)29-32-27/h3-8,15-16H,9-14H2,1-2H3,(H2,26,33)(H,28,34). The maximum atomic E-state index is 12.1. The summed E-state index contributed by atoms with van der Waals surface area (Å²) in [6, 6.07) is 11.4. The normalized spacial score (nSPS) is 11.5. The molecule has 0 bridgehead atoms. The van der Waals surface area contributed by atoms with Gasteiger partial charge in [0.2, 0.25) is 11.8 Å². The van der Waals surface area contributed by atoms with E-state index in [-0.39, 0.29) is 12.5 Å². The lowest BCUT2D eigenvalue weighted by molar-refractivity contribution is -0.00659. The number of nitrogens with one attached hydrogen (secondary N) is 1. The zero-order chi connectivity index (χ0) is 28.0. The Morgan fingerprint density at radius 3 is 2.49 bits per heavy atom. The fourth-order valence-corrected chi connectivity index (χ4v) is 3.72. The number of carbonyl (C=O) groups is 2. The average Bonchev–Trinajstić information content (AvgIpc) is 3.43. The maximum Gasteiger partial charge on any atom is 0.276 e. The minimum atomic E-state index is -0.560. The molecule has 0 aliphatic rings. The van der Waals surface area contributed by atoms with E-state index in [2.05, 4.69) is 25.5 Å². The zero-order valence-electron chi connectivity index (χ0n) is 21.5. The molecule has 1 heterocycles. The molecule has 2 aromatic carbocycles. The van der Waals surface area contributed by atoms with Crippen LogP contribution in [0.15, 0.2) is 57.2 Å². The highest BCUT2D eigenvalue weighted by Crippen LogP contribution is 2.28. The number of rotatable bonds is 16. The summed E-state index contributed by atoms with van der Waals surface area (Å²) >= 11 is 1.34. The van der Waals surface area contributed by atoms with Gasteiger partial charge in [0.05, 0.1) is 39.1 Å². The van der Waals surface area contributed by atoms with Crippen molar-refractivity contribution in [3.05, 3.63) is 69.6 Å². The molecule has 0 radical (unpaired) electrons. The Kier molecular flexibility index (Phi) is 11.7. The lowest BCUT2D eigenvalue weighted by atomic mass is 9.99. The highest BCUT2D eigenvalue weighted by Gasteiger charge is 2.18. The molecular weight excluding hydrogens is 526 g/mol. The van der Waals surface area contributed by atoms with Crippen molar-refractivity contribution >= 4 is 29.3 Å². The van der Waals surface area contributed by atoms with E-state index in [1.165, 1.54) is 11.8 Å². The number of nitrogens with zero attached hydrogens (tertiary/aromatic N) is 5. The Morgan fingerprint density at radius 1 is 1.10 bits per heavy atom. The van der Waals surface area contributed by atoms with Crippen LogP contribution >= 0.6 is 11.8 Å². The molecule has 13 nitrogen and oxygen atoms in total. The molecule has 0 aliphatic heterocycles. The number of amides is 2. The van der Waals surface area contributed by atoms with Gasteiger partial charge in [-0.15, -0.1) is 10.2 Å². The average molecular weight is 556 g/mol. The van der Waals surface area contributed by atoms with Gasteiger partial charge >= 0.3 is 0 Å². The topological polar surface area (TPSA) is 188 Å². The molecule has 0 saturated heterocycles. The number of hydrogen-bond donors (Lipinski definition) is 2. The molecule has 0 aliphatic carbocycles. The van der Waals surface area contributed by atoms with E-state index in [0.717, 1.165) is 0 Å². The van der Waals surface area contributed by atoms with Gasteiger partial charge in [-0.3, -0.25) is 9.59 Å². The van der Waals surface area contributed by atoms with Gasteiger partial charge in [0.1, 0.15) is 0 Å². The quantitative estimate of drug-likeness (QED) is 0.0864. The Bertz CT molecular complexity index is 1290. The van der Waals surface area contributed by atoms with Crippen LogP contribution in [0.3, 0.4) is 0 Å². The van der Waals surface area contributed by atoms with Gasteiger partial charge in [-0.2, -0.15) is 0 Å². The van der Waals surface area contributed by atoms with Crippen LogP contribution in [0, 0.1) is 0 Å². The highest BCUT2D eigenvalue weighted by atomic mass is 32.2. The Hall–Kier alpha value is -3.94. The van der Waals surface area contributed by atoms with E-state index in [1.54, 1.807) is 42.5 Å². The molecule has 3 aromatic rings. The van der Waals surface area contributed by atoms with Crippen LogP contribution in [0.5, 0.6) is 0 Å². The summed E-state index contributed by atoms with van der Waals surface area (Å²) in [7, 11) is 0. The Balaban J connectivity index is 1.33. The third-order valence-electron chi connectivity index (χ3n) is 5.37. The van der Waals surface area contributed by atoms with Crippen molar-refractivity contribution in [1.82, 2.24) is 15.5 Å². The van der Waals surface area contributed by atoms with Crippen LogP contribution in [-0.2, 0) is 14.2 Å². The summed E-state index contributed by atoms with van der Waals surface area (Å²) < 4.78 is 22.4. The maximum absolute atomic E-state index is 12.1. The summed E-state index contributed by atoms with van der Waals surface area (Å²) in [6.45, 7) is 3.79. The number of aromatic nitrogens is 2. The van der Waals surface area contributed by atoms with E-state index in [0.29, 0.717) is 72.0 Å². The van der Waals surface area contributed by atoms with Gasteiger partial charge in [-0.25, -0.2) is 0 Å². The fraction of sp³-hybridized carbons (Fsp3) is 0.360. The third-order valence-corrected chi connectivity index (χ3v) is 5.89. The van der Waals surface area contributed by atoms with Crippen molar-refractivity contribution in [3.63, 3.8) is 0 Å². The molecule has 0 spiro atoms. The Labute approximate surface area is 229 Å². The molecule has 39 heavy (non-hydrogen) atoms. The minimum absolute atomic E-state index is 0.250. The first-order valence-corrected chi connectivity index (χ1v) is 13.2. The van der Waals surface area contributed by atoms with Gasteiger partial charge in [0.25, 0.3) is 11.1 Å². The zero-order valence-corrected chi connectivity index (χ0v) is 22.3. The molecule has 2 amide bonds. The first-order chi connectivity index (χ1) is 18.9. The SMILES string of the molecule is CSc1nnc(-c2ccc(C(N)=O)c(C(C)OCCOCCOCCNC(=O)c3ccc(N=[N+]=[N-])cc3)c2)o1. The van der Waals surface area contributed by atoms with Crippen LogP contribution in [0.25, 0.3) is 21.9 Å². The summed E-state index contributed by atoms with van der Waals surface area (Å²) in [5, 5.41) is 14.6.